The minimum atomic E-state index is -0.790. The lowest BCUT2D eigenvalue weighted by molar-refractivity contribution is -0.148. The number of carbonyl (C=O) groups excluding carboxylic acids is 2. The van der Waals surface area contributed by atoms with Gasteiger partial charge in [-0.05, 0) is 38.3 Å². The lowest BCUT2D eigenvalue weighted by atomic mass is 9.99. The molecule has 8 heteroatoms. The fraction of sp³-hybridized carbons (Fsp3) is 0.647. The van der Waals surface area contributed by atoms with Crippen molar-refractivity contribution in [3.05, 3.63) is 29.5 Å². The third-order valence-electron chi connectivity index (χ3n) is 3.28. The molecule has 0 fully saturated rings. The van der Waals surface area contributed by atoms with Crippen molar-refractivity contribution >= 4 is 12.1 Å². The first-order valence-corrected chi connectivity index (χ1v) is 8.03. The number of nitrogens with zero attached hydrogens (tertiary/aromatic N) is 2. The Kier molecular flexibility index (Phi) is 10.9. The number of hydrogen-bond acceptors (Lipinski definition) is 8. The highest BCUT2D eigenvalue weighted by Gasteiger charge is 2.22. The molecule has 0 bridgehead atoms. The van der Waals surface area contributed by atoms with Crippen LogP contribution in [0, 0.1) is 10.8 Å². The highest BCUT2D eigenvalue weighted by atomic mass is 16.7. The van der Waals surface area contributed by atoms with Crippen molar-refractivity contribution in [2.24, 2.45) is 11.1 Å². The van der Waals surface area contributed by atoms with Gasteiger partial charge in [-0.25, -0.2) is 4.79 Å². The van der Waals surface area contributed by atoms with E-state index in [2.05, 4.69) is 18.3 Å². The van der Waals surface area contributed by atoms with Gasteiger partial charge < -0.3 is 19.1 Å². The number of rotatable bonds is 12. The van der Waals surface area contributed by atoms with Gasteiger partial charge in [-0.1, -0.05) is 13.2 Å². The standard InChI is InChI=1S/C17H28N2O6/c1-12(2)25-17(21)23-10-9-15(8-7-13(3)18-22)16(20)24-11-14(4)19(5)6/h12,15H,3-4,7-11H2,1-2,5-6H3. The smallest absolute Gasteiger partial charge is 0.459 e. The molecule has 0 aromatic rings. The number of allylic oxidation sites excluding steroid dienone is 1. The van der Waals surface area contributed by atoms with Crippen LogP contribution >= 0.6 is 0 Å². The Morgan fingerprint density at radius 3 is 2.28 bits per heavy atom. The molecule has 0 radical (unpaired) electrons. The normalized spacial score (nSPS) is 11.4. The second-order valence-electron chi connectivity index (χ2n) is 6.02. The Morgan fingerprint density at radius 1 is 1.12 bits per heavy atom. The SMILES string of the molecule is C=C(CCC(CCOC(=O)OC(C)C)C(=O)OCC(=C)N(C)C)N=O. The molecular weight excluding hydrogens is 328 g/mol. The van der Waals surface area contributed by atoms with Gasteiger partial charge in [-0.2, -0.15) is 0 Å². The van der Waals surface area contributed by atoms with E-state index < -0.39 is 18.0 Å². The van der Waals surface area contributed by atoms with Crippen LogP contribution in [0.3, 0.4) is 0 Å². The van der Waals surface area contributed by atoms with Crippen LogP contribution in [0.4, 0.5) is 4.79 Å². The molecule has 0 aliphatic carbocycles. The van der Waals surface area contributed by atoms with Crippen molar-refractivity contribution in [2.45, 2.75) is 39.2 Å². The predicted octanol–water partition coefficient (Wildman–Crippen LogP) is 3.23. The van der Waals surface area contributed by atoms with Gasteiger partial charge in [-0.15, -0.1) is 4.91 Å². The molecule has 1 atom stereocenters. The number of nitroso groups, excluding NO2 is 1. The highest BCUT2D eigenvalue weighted by Crippen LogP contribution is 2.18. The molecule has 0 saturated heterocycles. The topological polar surface area (TPSA) is 94.5 Å². The summed E-state index contributed by atoms with van der Waals surface area (Å²) in [5.74, 6) is -1.01. The molecular formula is C17H28N2O6. The monoisotopic (exact) mass is 356 g/mol. The first-order chi connectivity index (χ1) is 11.7. The van der Waals surface area contributed by atoms with Gasteiger partial charge in [0.2, 0.25) is 0 Å². The van der Waals surface area contributed by atoms with Gasteiger partial charge in [0, 0.05) is 19.8 Å². The summed E-state index contributed by atoms with van der Waals surface area (Å²) < 4.78 is 15.0. The minimum Gasteiger partial charge on any atom is -0.459 e. The van der Waals surface area contributed by atoms with Crippen molar-refractivity contribution in [3.63, 3.8) is 0 Å². The van der Waals surface area contributed by atoms with Crippen molar-refractivity contribution in [3.8, 4) is 0 Å². The van der Waals surface area contributed by atoms with E-state index in [1.165, 1.54) is 0 Å². The largest absolute Gasteiger partial charge is 0.508 e. The molecule has 0 aromatic heterocycles. The van der Waals surface area contributed by atoms with E-state index in [1.54, 1.807) is 32.8 Å². The van der Waals surface area contributed by atoms with Crippen LogP contribution < -0.4 is 0 Å². The quantitative estimate of drug-likeness (QED) is 0.391. The fourth-order valence-corrected chi connectivity index (χ4v) is 1.68. The van der Waals surface area contributed by atoms with Crippen molar-refractivity contribution in [2.75, 3.05) is 27.3 Å². The summed E-state index contributed by atoms with van der Waals surface area (Å²) in [6, 6.07) is 0. The lowest BCUT2D eigenvalue weighted by Gasteiger charge is -2.19. The highest BCUT2D eigenvalue weighted by molar-refractivity contribution is 5.72. The van der Waals surface area contributed by atoms with E-state index >= 15 is 0 Å². The summed E-state index contributed by atoms with van der Waals surface area (Å²) in [4.78, 5) is 35.7. The third kappa shape index (κ3) is 10.9. The van der Waals surface area contributed by atoms with Crippen LogP contribution in [0.25, 0.3) is 0 Å². The second-order valence-corrected chi connectivity index (χ2v) is 6.02. The molecule has 0 spiro atoms. The zero-order chi connectivity index (χ0) is 19.4. The van der Waals surface area contributed by atoms with Crippen LogP contribution in [0.5, 0.6) is 0 Å². The van der Waals surface area contributed by atoms with E-state index in [-0.39, 0.29) is 37.9 Å². The Hall–Kier alpha value is -2.38. The maximum Gasteiger partial charge on any atom is 0.508 e. The average molecular weight is 356 g/mol. The maximum atomic E-state index is 12.2. The fourth-order valence-electron chi connectivity index (χ4n) is 1.68. The van der Waals surface area contributed by atoms with Gasteiger partial charge in [0.15, 0.2) is 0 Å². The molecule has 0 heterocycles. The van der Waals surface area contributed by atoms with Crippen LogP contribution in [-0.4, -0.2) is 50.4 Å². The van der Waals surface area contributed by atoms with Crippen LogP contribution in [0.2, 0.25) is 0 Å². The van der Waals surface area contributed by atoms with E-state index in [9.17, 15) is 14.5 Å². The molecule has 0 aliphatic rings. The Balaban J connectivity index is 4.55. The number of hydrogen-bond donors (Lipinski definition) is 0. The molecule has 25 heavy (non-hydrogen) atoms. The molecule has 0 aromatic carbocycles. The van der Waals surface area contributed by atoms with Gasteiger partial charge in [0.1, 0.15) is 6.61 Å². The van der Waals surface area contributed by atoms with E-state index in [4.69, 9.17) is 14.2 Å². The van der Waals surface area contributed by atoms with Crippen molar-refractivity contribution in [1.82, 2.24) is 4.90 Å². The number of likely N-dealkylation sites (N-methyl/N-ethyl adjacent to an activating group) is 1. The zero-order valence-electron chi connectivity index (χ0n) is 15.4. The van der Waals surface area contributed by atoms with Crippen LogP contribution in [0.1, 0.15) is 33.1 Å². The van der Waals surface area contributed by atoms with E-state index in [1.807, 2.05) is 0 Å². The summed E-state index contributed by atoms with van der Waals surface area (Å²) in [6.07, 6.45) is -0.254. The minimum absolute atomic E-state index is 0.000934. The molecule has 8 nitrogen and oxygen atoms in total. The summed E-state index contributed by atoms with van der Waals surface area (Å²) in [5.41, 5.74) is 0.790. The van der Waals surface area contributed by atoms with Gasteiger partial charge in [0.25, 0.3) is 0 Å². The van der Waals surface area contributed by atoms with E-state index in [0.29, 0.717) is 12.1 Å². The molecule has 142 valence electrons. The summed E-state index contributed by atoms with van der Waals surface area (Å²) in [6.45, 7) is 10.7. The zero-order valence-corrected chi connectivity index (χ0v) is 15.4. The number of carbonyl (C=O) groups is 2. The maximum absolute atomic E-state index is 12.2. The molecule has 0 N–H and O–H groups in total. The molecule has 0 rings (SSSR count). The summed E-state index contributed by atoms with van der Waals surface area (Å²) >= 11 is 0. The van der Waals surface area contributed by atoms with Gasteiger partial charge in [-0.3, -0.25) is 4.79 Å². The van der Waals surface area contributed by atoms with Crippen molar-refractivity contribution in [1.29, 1.82) is 0 Å². The average Bonchev–Trinajstić information content (AvgIpc) is 2.53. The summed E-state index contributed by atoms with van der Waals surface area (Å²) in [5, 5.41) is 2.74. The number of ether oxygens (including phenoxy) is 3. The van der Waals surface area contributed by atoms with Crippen LogP contribution in [0.15, 0.2) is 29.7 Å². The van der Waals surface area contributed by atoms with Crippen molar-refractivity contribution < 1.29 is 23.8 Å². The molecule has 0 saturated carbocycles. The predicted molar refractivity (Wildman–Crippen MR) is 93.6 cm³/mol. The molecule has 1 unspecified atom stereocenters. The molecule has 0 amide bonds. The van der Waals surface area contributed by atoms with E-state index in [0.717, 1.165) is 0 Å². The van der Waals surface area contributed by atoms with Crippen LogP contribution in [-0.2, 0) is 19.0 Å². The Bertz CT molecular complexity index is 488. The number of esters is 1. The molecule has 0 aliphatic heterocycles. The van der Waals surface area contributed by atoms with Gasteiger partial charge >= 0.3 is 12.1 Å². The van der Waals surface area contributed by atoms with Gasteiger partial charge in [0.05, 0.1) is 24.3 Å². The first-order valence-electron chi connectivity index (χ1n) is 8.03. The summed E-state index contributed by atoms with van der Waals surface area (Å²) in [7, 11) is 3.59. The lowest BCUT2D eigenvalue weighted by Crippen LogP contribution is -2.24. The Labute approximate surface area is 148 Å². The first kappa shape index (κ1) is 22.6. The second kappa shape index (κ2) is 12.0. The third-order valence-corrected chi connectivity index (χ3v) is 3.28. The Morgan fingerprint density at radius 2 is 1.76 bits per heavy atom.